The first-order valence-corrected chi connectivity index (χ1v) is 7.37. The number of nitrogens with zero attached hydrogens (tertiary/aromatic N) is 2. The van der Waals surface area contributed by atoms with Crippen LogP contribution in [0.25, 0.3) is 0 Å². The van der Waals surface area contributed by atoms with E-state index in [1.807, 2.05) is 6.92 Å². The lowest BCUT2D eigenvalue weighted by Crippen LogP contribution is -2.13. The predicted octanol–water partition coefficient (Wildman–Crippen LogP) is 3.87. The molecule has 0 saturated carbocycles. The molecule has 0 fully saturated rings. The van der Waals surface area contributed by atoms with Gasteiger partial charge >= 0.3 is 0 Å². The molecular formula is C18H25N3. The smallest absolute Gasteiger partial charge is 0.135 e. The van der Waals surface area contributed by atoms with E-state index < -0.39 is 0 Å². The summed E-state index contributed by atoms with van der Waals surface area (Å²) < 4.78 is 0. The minimum absolute atomic E-state index is 0.165. The third-order valence-corrected chi connectivity index (χ3v) is 3.82. The van der Waals surface area contributed by atoms with Gasteiger partial charge in [-0.05, 0) is 48.4 Å². The number of benzene rings is 1. The monoisotopic (exact) mass is 283 g/mol. The van der Waals surface area contributed by atoms with E-state index in [9.17, 15) is 0 Å². The van der Waals surface area contributed by atoms with Crippen molar-refractivity contribution in [2.75, 3.05) is 5.73 Å². The average molecular weight is 283 g/mol. The summed E-state index contributed by atoms with van der Waals surface area (Å²) >= 11 is 0. The van der Waals surface area contributed by atoms with E-state index in [-0.39, 0.29) is 5.41 Å². The van der Waals surface area contributed by atoms with Crippen molar-refractivity contribution in [1.29, 1.82) is 0 Å². The molecular weight excluding hydrogens is 258 g/mol. The highest BCUT2D eigenvalue weighted by Gasteiger charge is 2.17. The standard InChI is InChI=1S/C18H25N3/c1-11-7-14(18(4,5)6)8-12(2)15(11)10-17-20-13(3)9-16(19)21-17/h7-9H,10H2,1-6H3,(H2,19,20,21). The Morgan fingerprint density at radius 3 is 2.00 bits per heavy atom. The summed E-state index contributed by atoms with van der Waals surface area (Å²) in [5, 5.41) is 0. The number of aryl methyl sites for hydroxylation is 3. The van der Waals surface area contributed by atoms with Crippen molar-refractivity contribution < 1.29 is 0 Å². The van der Waals surface area contributed by atoms with Crippen LogP contribution >= 0.6 is 0 Å². The van der Waals surface area contributed by atoms with Crippen LogP contribution in [0.2, 0.25) is 0 Å². The average Bonchev–Trinajstić information content (AvgIpc) is 2.31. The van der Waals surface area contributed by atoms with Crippen LogP contribution in [0.3, 0.4) is 0 Å². The third kappa shape index (κ3) is 3.60. The van der Waals surface area contributed by atoms with Gasteiger partial charge in [0.1, 0.15) is 11.6 Å². The fourth-order valence-corrected chi connectivity index (χ4v) is 2.60. The van der Waals surface area contributed by atoms with Crippen molar-refractivity contribution in [3.8, 4) is 0 Å². The SMILES string of the molecule is Cc1cc(N)nc(Cc2c(C)cc(C(C)(C)C)cc2C)n1. The normalized spacial score (nSPS) is 11.7. The Bertz CT molecular complexity index is 623. The second kappa shape index (κ2) is 5.47. The van der Waals surface area contributed by atoms with E-state index in [0.717, 1.165) is 17.9 Å². The van der Waals surface area contributed by atoms with E-state index in [1.165, 1.54) is 22.3 Å². The Hall–Kier alpha value is -1.90. The molecule has 0 saturated heterocycles. The zero-order chi connectivity index (χ0) is 15.8. The molecule has 1 aromatic carbocycles. The highest BCUT2D eigenvalue weighted by Crippen LogP contribution is 2.27. The van der Waals surface area contributed by atoms with Crippen LogP contribution in [-0.4, -0.2) is 9.97 Å². The van der Waals surface area contributed by atoms with E-state index in [4.69, 9.17) is 5.73 Å². The minimum atomic E-state index is 0.165. The first-order chi connectivity index (χ1) is 9.66. The minimum Gasteiger partial charge on any atom is -0.384 e. The Morgan fingerprint density at radius 2 is 1.52 bits per heavy atom. The van der Waals surface area contributed by atoms with Crippen molar-refractivity contribution in [2.45, 2.75) is 53.4 Å². The van der Waals surface area contributed by atoms with Crippen molar-refractivity contribution in [3.05, 3.63) is 52.0 Å². The van der Waals surface area contributed by atoms with Gasteiger partial charge in [-0.3, -0.25) is 0 Å². The first kappa shape index (κ1) is 15.5. The van der Waals surface area contributed by atoms with Gasteiger partial charge in [0, 0.05) is 18.2 Å². The van der Waals surface area contributed by atoms with Gasteiger partial charge < -0.3 is 5.73 Å². The second-order valence-electron chi connectivity index (χ2n) is 6.87. The Balaban J connectivity index is 2.41. The Morgan fingerprint density at radius 1 is 0.952 bits per heavy atom. The first-order valence-electron chi connectivity index (χ1n) is 7.37. The predicted molar refractivity (Wildman–Crippen MR) is 88.6 cm³/mol. The maximum absolute atomic E-state index is 5.82. The summed E-state index contributed by atoms with van der Waals surface area (Å²) in [7, 11) is 0. The van der Waals surface area contributed by atoms with Crippen molar-refractivity contribution in [2.24, 2.45) is 0 Å². The quantitative estimate of drug-likeness (QED) is 0.910. The molecule has 2 aromatic rings. The molecule has 0 atom stereocenters. The molecule has 0 radical (unpaired) electrons. The van der Waals surface area contributed by atoms with Crippen LogP contribution in [0.4, 0.5) is 5.82 Å². The van der Waals surface area contributed by atoms with E-state index >= 15 is 0 Å². The van der Waals surface area contributed by atoms with E-state index in [0.29, 0.717) is 5.82 Å². The molecule has 0 aliphatic rings. The zero-order valence-corrected chi connectivity index (χ0v) is 13.9. The number of rotatable bonds is 2. The van der Waals surface area contributed by atoms with Gasteiger partial charge in [0.25, 0.3) is 0 Å². The molecule has 112 valence electrons. The maximum atomic E-state index is 5.82. The molecule has 0 aliphatic carbocycles. The van der Waals surface area contributed by atoms with E-state index in [2.05, 4.69) is 56.7 Å². The lowest BCUT2D eigenvalue weighted by molar-refractivity contribution is 0.588. The summed E-state index contributed by atoms with van der Waals surface area (Å²) in [4.78, 5) is 8.84. The zero-order valence-electron chi connectivity index (χ0n) is 13.9. The summed E-state index contributed by atoms with van der Waals surface area (Å²) in [5.74, 6) is 1.33. The maximum Gasteiger partial charge on any atom is 0.135 e. The van der Waals surface area contributed by atoms with Crippen molar-refractivity contribution in [1.82, 2.24) is 9.97 Å². The fraction of sp³-hybridized carbons (Fsp3) is 0.444. The highest BCUT2D eigenvalue weighted by atomic mass is 14.9. The molecule has 21 heavy (non-hydrogen) atoms. The number of hydrogen-bond acceptors (Lipinski definition) is 3. The summed E-state index contributed by atoms with van der Waals surface area (Å²) in [6.07, 6.45) is 0.730. The highest BCUT2D eigenvalue weighted by molar-refractivity contribution is 5.42. The fourth-order valence-electron chi connectivity index (χ4n) is 2.60. The lowest BCUT2D eigenvalue weighted by atomic mass is 9.83. The molecule has 1 aromatic heterocycles. The Kier molecular flexibility index (Phi) is 4.04. The summed E-state index contributed by atoms with van der Waals surface area (Å²) in [6.45, 7) is 13.0. The van der Waals surface area contributed by atoms with Gasteiger partial charge in [-0.1, -0.05) is 32.9 Å². The second-order valence-corrected chi connectivity index (χ2v) is 6.87. The molecule has 2 N–H and O–H groups in total. The number of hydrogen-bond donors (Lipinski definition) is 1. The summed E-state index contributed by atoms with van der Waals surface area (Å²) in [5.41, 5.74) is 12.2. The van der Waals surface area contributed by atoms with Gasteiger partial charge in [0.05, 0.1) is 0 Å². The molecule has 0 unspecified atom stereocenters. The largest absolute Gasteiger partial charge is 0.384 e. The molecule has 0 spiro atoms. The number of nitrogen functional groups attached to an aromatic ring is 1. The number of anilines is 1. The van der Waals surface area contributed by atoms with E-state index in [1.54, 1.807) is 6.07 Å². The van der Waals surface area contributed by atoms with Crippen LogP contribution in [0.5, 0.6) is 0 Å². The number of aromatic nitrogens is 2. The van der Waals surface area contributed by atoms with Crippen LogP contribution in [0.15, 0.2) is 18.2 Å². The molecule has 0 amide bonds. The van der Waals surface area contributed by atoms with Gasteiger partial charge in [-0.2, -0.15) is 0 Å². The van der Waals surface area contributed by atoms with Gasteiger partial charge in [-0.25, -0.2) is 9.97 Å². The van der Waals surface area contributed by atoms with Gasteiger partial charge in [0.2, 0.25) is 0 Å². The number of nitrogens with two attached hydrogens (primary N) is 1. The van der Waals surface area contributed by atoms with Crippen molar-refractivity contribution in [3.63, 3.8) is 0 Å². The van der Waals surface area contributed by atoms with Crippen LogP contribution in [-0.2, 0) is 11.8 Å². The van der Waals surface area contributed by atoms with Crippen LogP contribution in [0.1, 0.15) is 54.5 Å². The van der Waals surface area contributed by atoms with Gasteiger partial charge in [-0.15, -0.1) is 0 Å². The molecule has 0 bridgehead atoms. The Labute approximate surface area is 127 Å². The van der Waals surface area contributed by atoms with Gasteiger partial charge in [0.15, 0.2) is 0 Å². The van der Waals surface area contributed by atoms with Crippen LogP contribution < -0.4 is 5.73 Å². The molecule has 0 aliphatic heterocycles. The molecule has 2 rings (SSSR count). The molecule has 3 heteroatoms. The molecule has 1 heterocycles. The molecule has 3 nitrogen and oxygen atoms in total. The topological polar surface area (TPSA) is 51.8 Å². The third-order valence-electron chi connectivity index (χ3n) is 3.82. The summed E-state index contributed by atoms with van der Waals surface area (Å²) in [6, 6.07) is 6.36. The lowest BCUT2D eigenvalue weighted by Gasteiger charge is -2.22. The van der Waals surface area contributed by atoms with Crippen molar-refractivity contribution >= 4 is 5.82 Å². The van der Waals surface area contributed by atoms with Crippen LogP contribution in [0, 0.1) is 20.8 Å².